The molecule has 0 saturated carbocycles. The second-order valence-corrected chi connectivity index (χ2v) is 8.14. The van der Waals surface area contributed by atoms with Crippen LogP contribution in [-0.2, 0) is 0 Å². The highest BCUT2D eigenvalue weighted by molar-refractivity contribution is 6.09. The third kappa shape index (κ3) is 2.70. The van der Waals surface area contributed by atoms with E-state index in [9.17, 15) is 10.4 Å². The summed E-state index contributed by atoms with van der Waals surface area (Å²) in [6.45, 7) is 11.2. The van der Waals surface area contributed by atoms with Gasteiger partial charge in [0.05, 0.1) is 11.1 Å². The number of nitrogens with zero attached hydrogens (tertiary/aromatic N) is 2. The predicted octanol–water partition coefficient (Wildman–Crippen LogP) is 4.17. The molecule has 0 aromatic heterocycles. The van der Waals surface area contributed by atoms with Gasteiger partial charge in [-0.15, -0.1) is 0 Å². The first-order chi connectivity index (χ1) is 12.1. The first kappa shape index (κ1) is 18.2. The number of hydroxylamine groups is 2. The first-order valence-electron chi connectivity index (χ1n) is 8.90. The molecule has 0 atom stereocenters. The van der Waals surface area contributed by atoms with Crippen LogP contribution >= 0.6 is 0 Å². The highest BCUT2D eigenvalue weighted by atomic mass is 16.5. The van der Waals surface area contributed by atoms with Gasteiger partial charge in [0, 0.05) is 27.7 Å². The Morgan fingerprint density at radius 2 is 0.846 bits per heavy atom. The molecule has 0 N–H and O–H groups in total. The van der Waals surface area contributed by atoms with E-state index in [1.165, 1.54) is 0 Å². The molecule has 0 amide bonds. The van der Waals surface area contributed by atoms with Crippen molar-refractivity contribution < 1.29 is 9.48 Å². The van der Waals surface area contributed by atoms with Gasteiger partial charge in [-0.25, -0.2) is 0 Å². The van der Waals surface area contributed by atoms with Crippen LogP contribution in [-0.4, -0.2) is 32.0 Å². The van der Waals surface area contributed by atoms with Crippen LogP contribution in [0.15, 0.2) is 48.5 Å². The van der Waals surface area contributed by atoms with Crippen LogP contribution in [0.25, 0.3) is 0 Å². The summed E-state index contributed by atoms with van der Waals surface area (Å²) < 4.78 is 2.03. The van der Waals surface area contributed by atoms with Gasteiger partial charge in [-0.2, -0.15) is 9.48 Å². The summed E-state index contributed by atoms with van der Waals surface area (Å²) in [5, 5.41) is 26.9. The van der Waals surface area contributed by atoms with E-state index >= 15 is 0 Å². The molecule has 0 saturated heterocycles. The van der Waals surface area contributed by atoms with Gasteiger partial charge in [0.1, 0.15) is 0 Å². The minimum Gasteiger partial charge on any atom is -0.623 e. The summed E-state index contributed by atoms with van der Waals surface area (Å²) >= 11 is 0. The van der Waals surface area contributed by atoms with Gasteiger partial charge in [0.15, 0.2) is 0 Å². The van der Waals surface area contributed by atoms with Gasteiger partial charge >= 0.3 is 0 Å². The Kier molecular flexibility index (Phi) is 4.18. The Labute approximate surface area is 155 Å². The molecule has 1 aliphatic rings. The van der Waals surface area contributed by atoms with Crippen molar-refractivity contribution in [1.82, 2.24) is 0 Å². The Balaban J connectivity index is 2.25. The molecular weight excluding hydrogens is 324 g/mol. The Bertz CT molecular complexity index is 825. The number of benzene rings is 2. The Hall–Kier alpha value is -2.62. The van der Waals surface area contributed by atoms with Gasteiger partial charge in [-0.1, -0.05) is 35.4 Å². The maximum atomic E-state index is 13.4. The maximum Gasteiger partial charge on any atom is 0.268 e. The highest BCUT2D eigenvalue weighted by Crippen LogP contribution is 2.30. The molecule has 136 valence electrons. The van der Waals surface area contributed by atoms with Gasteiger partial charge in [0.25, 0.3) is 22.5 Å². The number of aryl methyl sites for hydroxylation is 2. The molecule has 1 heterocycles. The molecule has 0 spiro atoms. The van der Waals surface area contributed by atoms with Crippen LogP contribution in [0.4, 0.5) is 0 Å². The summed E-state index contributed by atoms with van der Waals surface area (Å²) in [5.41, 5.74) is 2.83. The van der Waals surface area contributed by atoms with Crippen molar-refractivity contribution in [2.24, 2.45) is 0 Å². The SMILES string of the molecule is Cc1ccc(C2=[N+]([O-])C(C)(C)C(c3ccc(C)cc3)=[N+]([O-])C2(C)C)cc1. The standard InChI is InChI=1S/C22H26N2O2/c1-15-7-11-17(12-8-15)19-21(3,4)24(26)20(22(5,6)23(19)25)18-13-9-16(2)10-14-18/h7-14H,1-6H3. The number of hydrogen-bond acceptors (Lipinski definition) is 2. The van der Waals surface area contributed by atoms with Crippen LogP contribution in [0.1, 0.15) is 49.9 Å². The van der Waals surface area contributed by atoms with Crippen molar-refractivity contribution in [3.8, 4) is 0 Å². The normalized spacial score (nSPS) is 19.0. The largest absolute Gasteiger partial charge is 0.623 e. The summed E-state index contributed by atoms with van der Waals surface area (Å²) in [6, 6.07) is 15.5. The molecule has 1 aliphatic heterocycles. The second-order valence-electron chi connectivity index (χ2n) is 8.14. The topological polar surface area (TPSA) is 52.1 Å². The van der Waals surface area contributed by atoms with Crippen LogP contribution in [0.5, 0.6) is 0 Å². The lowest BCUT2D eigenvalue weighted by atomic mass is 9.83. The molecular formula is C22H26N2O2. The zero-order valence-corrected chi connectivity index (χ0v) is 16.3. The fraction of sp³-hybridized carbons (Fsp3) is 0.364. The minimum atomic E-state index is -0.979. The minimum absolute atomic E-state index is 0.494. The highest BCUT2D eigenvalue weighted by Gasteiger charge is 2.55. The summed E-state index contributed by atoms with van der Waals surface area (Å²) in [6.07, 6.45) is 0. The molecule has 3 rings (SSSR count). The van der Waals surface area contributed by atoms with Gasteiger partial charge in [-0.3, -0.25) is 0 Å². The van der Waals surface area contributed by atoms with Crippen molar-refractivity contribution in [2.75, 3.05) is 0 Å². The average molecular weight is 350 g/mol. The van der Waals surface area contributed by atoms with Crippen LogP contribution in [0.2, 0.25) is 0 Å². The fourth-order valence-electron chi connectivity index (χ4n) is 3.61. The van der Waals surface area contributed by atoms with E-state index in [1.807, 2.05) is 90.1 Å². The monoisotopic (exact) mass is 350 g/mol. The van der Waals surface area contributed by atoms with E-state index in [2.05, 4.69) is 0 Å². The summed E-state index contributed by atoms with van der Waals surface area (Å²) in [7, 11) is 0. The van der Waals surface area contributed by atoms with Crippen molar-refractivity contribution in [1.29, 1.82) is 0 Å². The smallest absolute Gasteiger partial charge is 0.268 e. The maximum absolute atomic E-state index is 13.4. The molecule has 2 aromatic rings. The Morgan fingerprint density at radius 1 is 0.577 bits per heavy atom. The number of hydrogen-bond donors (Lipinski definition) is 0. The average Bonchev–Trinajstić information content (AvgIpc) is 2.57. The zero-order valence-electron chi connectivity index (χ0n) is 16.3. The molecule has 0 fully saturated rings. The molecule has 2 aromatic carbocycles. The van der Waals surface area contributed by atoms with E-state index in [-0.39, 0.29) is 0 Å². The lowest BCUT2D eigenvalue weighted by Crippen LogP contribution is -2.61. The summed E-state index contributed by atoms with van der Waals surface area (Å²) in [4.78, 5) is 0. The lowest BCUT2D eigenvalue weighted by molar-refractivity contribution is -0.598. The quantitative estimate of drug-likeness (QED) is 0.603. The van der Waals surface area contributed by atoms with Crippen molar-refractivity contribution >= 4 is 11.4 Å². The molecule has 0 aliphatic carbocycles. The first-order valence-corrected chi connectivity index (χ1v) is 8.90. The molecule has 0 unspecified atom stereocenters. The molecule has 26 heavy (non-hydrogen) atoms. The van der Waals surface area contributed by atoms with Gasteiger partial charge < -0.3 is 10.4 Å². The third-order valence-electron chi connectivity index (χ3n) is 5.23. The number of rotatable bonds is 2. The van der Waals surface area contributed by atoms with Crippen molar-refractivity contribution in [3.05, 3.63) is 81.2 Å². The van der Waals surface area contributed by atoms with Crippen molar-refractivity contribution in [3.63, 3.8) is 0 Å². The fourth-order valence-corrected chi connectivity index (χ4v) is 3.61. The lowest BCUT2D eigenvalue weighted by Gasteiger charge is -2.38. The van der Waals surface area contributed by atoms with Crippen LogP contribution in [0, 0.1) is 24.3 Å². The van der Waals surface area contributed by atoms with Gasteiger partial charge in [-0.05, 0) is 38.1 Å². The van der Waals surface area contributed by atoms with E-state index in [0.717, 1.165) is 31.7 Å². The van der Waals surface area contributed by atoms with Crippen molar-refractivity contribution in [2.45, 2.75) is 52.6 Å². The van der Waals surface area contributed by atoms with E-state index < -0.39 is 11.1 Å². The third-order valence-corrected chi connectivity index (χ3v) is 5.23. The van der Waals surface area contributed by atoms with Gasteiger partial charge in [0.2, 0.25) is 0 Å². The van der Waals surface area contributed by atoms with E-state index in [4.69, 9.17) is 0 Å². The molecule has 0 bridgehead atoms. The Morgan fingerprint density at radius 3 is 1.12 bits per heavy atom. The molecule has 4 heteroatoms. The second kappa shape index (κ2) is 5.97. The summed E-state index contributed by atoms with van der Waals surface area (Å²) in [5.74, 6) is 0. The van der Waals surface area contributed by atoms with E-state index in [0.29, 0.717) is 11.4 Å². The molecule has 4 nitrogen and oxygen atoms in total. The van der Waals surface area contributed by atoms with Crippen LogP contribution in [0.3, 0.4) is 0 Å². The molecule has 0 radical (unpaired) electrons. The predicted molar refractivity (Wildman–Crippen MR) is 106 cm³/mol. The van der Waals surface area contributed by atoms with Crippen LogP contribution < -0.4 is 0 Å². The zero-order chi connectivity index (χ0) is 19.3. The van der Waals surface area contributed by atoms with E-state index in [1.54, 1.807) is 0 Å².